The number of carbonyl (C=O) groups excluding carboxylic acids is 1. The first-order chi connectivity index (χ1) is 9.33. The standard InChI is InChI=1S/C14H16N4O/c19-14(16-8-10-2-1-5-15-7-10)11-3-4-12-13(6-11)18-9-17-12/h1-2,5,7,9,11H,3-4,6,8H2,(H,16,19)(H,17,18). The van der Waals surface area contributed by atoms with Crippen LogP contribution >= 0.6 is 0 Å². The minimum atomic E-state index is 0.0459. The first kappa shape index (κ1) is 11.9. The van der Waals surface area contributed by atoms with Crippen molar-refractivity contribution in [3.8, 4) is 0 Å². The first-order valence-corrected chi connectivity index (χ1v) is 6.50. The second-order valence-electron chi connectivity index (χ2n) is 4.85. The highest BCUT2D eigenvalue weighted by molar-refractivity contribution is 5.79. The highest BCUT2D eigenvalue weighted by atomic mass is 16.1. The van der Waals surface area contributed by atoms with E-state index in [1.165, 1.54) is 0 Å². The lowest BCUT2D eigenvalue weighted by molar-refractivity contribution is -0.125. The van der Waals surface area contributed by atoms with Crippen molar-refractivity contribution in [2.45, 2.75) is 25.8 Å². The Hall–Kier alpha value is -2.17. The molecule has 0 radical (unpaired) electrons. The Kier molecular flexibility index (Phi) is 3.27. The first-order valence-electron chi connectivity index (χ1n) is 6.50. The molecule has 98 valence electrons. The summed E-state index contributed by atoms with van der Waals surface area (Å²) in [5.74, 6) is 0.161. The van der Waals surface area contributed by atoms with E-state index in [0.29, 0.717) is 6.54 Å². The van der Waals surface area contributed by atoms with Crippen molar-refractivity contribution in [2.75, 3.05) is 0 Å². The summed E-state index contributed by atoms with van der Waals surface area (Å²) >= 11 is 0. The van der Waals surface area contributed by atoms with Crippen LogP contribution in [0.1, 0.15) is 23.4 Å². The van der Waals surface area contributed by atoms with E-state index in [-0.39, 0.29) is 11.8 Å². The minimum Gasteiger partial charge on any atom is -0.352 e. The third-order valence-corrected chi connectivity index (χ3v) is 3.55. The molecule has 1 aliphatic rings. The highest BCUT2D eigenvalue weighted by Gasteiger charge is 2.25. The summed E-state index contributed by atoms with van der Waals surface area (Å²) in [5, 5.41) is 2.98. The third-order valence-electron chi connectivity index (χ3n) is 3.55. The number of aromatic amines is 1. The summed E-state index contributed by atoms with van der Waals surface area (Å²) in [7, 11) is 0. The number of amides is 1. The van der Waals surface area contributed by atoms with Gasteiger partial charge in [-0.2, -0.15) is 0 Å². The van der Waals surface area contributed by atoms with Gasteiger partial charge in [0.25, 0.3) is 0 Å². The molecular formula is C14H16N4O. The Labute approximate surface area is 111 Å². The van der Waals surface area contributed by atoms with Gasteiger partial charge in [0, 0.05) is 37.0 Å². The predicted molar refractivity (Wildman–Crippen MR) is 70.2 cm³/mol. The Balaban J connectivity index is 1.57. The molecule has 5 nitrogen and oxygen atoms in total. The zero-order valence-electron chi connectivity index (χ0n) is 10.6. The third kappa shape index (κ3) is 2.65. The predicted octanol–water partition coefficient (Wildman–Crippen LogP) is 1.23. The van der Waals surface area contributed by atoms with Crippen LogP contribution in [0.2, 0.25) is 0 Å². The number of rotatable bonds is 3. The molecular weight excluding hydrogens is 240 g/mol. The average molecular weight is 256 g/mol. The fraction of sp³-hybridized carbons (Fsp3) is 0.357. The summed E-state index contributed by atoms with van der Waals surface area (Å²) in [6.07, 6.45) is 7.72. The molecule has 3 rings (SSSR count). The molecule has 0 saturated carbocycles. The van der Waals surface area contributed by atoms with E-state index in [0.717, 1.165) is 36.2 Å². The van der Waals surface area contributed by atoms with Gasteiger partial charge in [-0.1, -0.05) is 6.07 Å². The number of fused-ring (bicyclic) bond motifs is 1. The molecule has 0 fully saturated rings. The Morgan fingerprint density at radius 2 is 2.47 bits per heavy atom. The summed E-state index contributed by atoms with van der Waals surface area (Å²) in [4.78, 5) is 23.5. The van der Waals surface area contributed by atoms with Crippen LogP contribution in [0.25, 0.3) is 0 Å². The number of pyridine rings is 1. The molecule has 0 bridgehead atoms. The maximum atomic E-state index is 12.1. The Bertz CT molecular complexity index is 564. The van der Waals surface area contributed by atoms with Crippen LogP contribution in [0.5, 0.6) is 0 Å². The fourth-order valence-corrected chi connectivity index (χ4v) is 2.46. The van der Waals surface area contributed by atoms with Crippen molar-refractivity contribution in [1.29, 1.82) is 0 Å². The molecule has 5 heteroatoms. The Morgan fingerprint density at radius 3 is 3.32 bits per heavy atom. The van der Waals surface area contributed by atoms with Crippen LogP contribution in [-0.4, -0.2) is 20.9 Å². The number of H-pyrrole nitrogens is 1. The molecule has 1 amide bonds. The lowest BCUT2D eigenvalue weighted by atomic mass is 9.89. The molecule has 1 atom stereocenters. The number of aromatic nitrogens is 3. The molecule has 2 aromatic rings. The molecule has 2 heterocycles. The number of hydrogen-bond acceptors (Lipinski definition) is 3. The van der Waals surface area contributed by atoms with Crippen LogP contribution in [0.4, 0.5) is 0 Å². The van der Waals surface area contributed by atoms with Gasteiger partial charge < -0.3 is 10.3 Å². The molecule has 19 heavy (non-hydrogen) atoms. The van der Waals surface area contributed by atoms with Crippen molar-refractivity contribution in [2.24, 2.45) is 5.92 Å². The summed E-state index contributed by atoms with van der Waals surface area (Å²) in [6.45, 7) is 0.541. The van der Waals surface area contributed by atoms with Gasteiger partial charge in [-0.25, -0.2) is 4.98 Å². The van der Waals surface area contributed by atoms with Gasteiger partial charge >= 0.3 is 0 Å². The molecule has 0 spiro atoms. The van der Waals surface area contributed by atoms with Crippen LogP contribution in [-0.2, 0) is 24.2 Å². The van der Waals surface area contributed by atoms with E-state index in [1.54, 1.807) is 18.7 Å². The van der Waals surface area contributed by atoms with Crippen LogP contribution in [0.3, 0.4) is 0 Å². The van der Waals surface area contributed by atoms with Gasteiger partial charge in [0.1, 0.15) is 0 Å². The van der Waals surface area contributed by atoms with Gasteiger partial charge in [-0.15, -0.1) is 0 Å². The molecule has 1 unspecified atom stereocenters. The van der Waals surface area contributed by atoms with E-state index in [1.807, 2.05) is 12.1 Å². The second kappa shape index (κ2) is 5.22. The van der Waals surface area contributed by atoms with Crippen molar-refractivity contribution in [1.82, 2.24) is 20.3 Å². The van der Waals surface area contributed by atoms with Crippen molar-refractivity contribution < 1.29 is 4.79 Å². The lowest BCUT2D eigenvalue weighted by Gasteiger charge is -2.20. The molecule has 1 aliphatic carbocycles. The normalized spacial score (nSPS) is 17.8. The van der Waals surface area contributed by atoms with Crippen molar-refractivity contribution in [3.05, 3.63) is 47.8 Å². The number of aryl methyl sites for hydroxylation is 1. The van der Waals surface area contributed by atoms with Crippen LogP contribution < -0.4 is 5.32 Å². The van der Waals surface area contributed by atoms with Crippen LogP contribution in [0, 0.1) is 5.92 Å². The maximum absolute atomic E-state index is 12.1. The van der Waals surface area contributed by atoms with E-state index in [9.17, 15) is 4.79 Å². The summed E-state index contributed by atoms with van der Waals surface area (Å²) in [6, 6.07) is 3.83. The monoisotopic (exact) mass is 256 g/mol. The molecule has 2 N–H and O–H groups in total. The van der Waals surface area contributed by atoms with Gasteiger partial charge in [0.05, 0.1) is 12.0 Å². The molecule has 0 aliphatic heterocycles. The smallest absolute Gasteiger partial charge is 0.223 e. The lowest BCUT2D eigenvalue weighted by Crippen LogP contribution is -2.33. The minimum absolute atomic E-state index is 0.0459. The van der Waals surface area contributed by atoms with Gasteiger partial charge in [0.2, 0.25) is 5.91 Å². The number of imidazole rings is 1. The number of hydrogen-bond donors (Lipinski definition) is 2. The topological polar surface area (TPSA) is 70.7 Å². The number of nitrogens with zero attached hydrogens (tertiary/aromatic N) is 2. The average Bonchev–Trinajstić information content (AvgIpc) is 2.93. The largest absolute Gasteiger partial charge is 0.352 e. The van der Waals surface area contributed by atoms with Gasteiger partial charge in [-0.3, -0.25) is 9.78 Å². The highest BCUT2D eigenvalue weighted by Crippen LogP contribution is 2.22. The molecule has 0 aromatic carbocycles. The van der Waals surface area contributed by atoms with E-state index in [4.69, 9.17) is 0 Å². The quantitative estimate of drug-likeness (QED) is 0.867. The van der Waals surface area contributed by atoms with Crippen molar-refractivity contribution in [3.63, 3.8) is 0 Å². The summed E-state index contributed by atoms with van der Waals surface area (Å²) in [5.41, 5.74) is 3.23. The Morgan fingerprint density at radius 1 is 1.53 bits per heavy atom. The number of nitrogens with one attached hydrogen (secondary N) is 2. The zero-order valence-corrected chi connectivity index (χ0v) is 10.6. The maximum Gasteiger partial charge on any atom is 0.223 e. The number of carbonyl (C=O) groups is 1. The zero-order chi connectivity index (χ0) is 13.1. The van der Waals surface area contributed by atoms with Gasteiger partial charge in [-0.05, 0) is 24.5 Å². The van der Waals surface area contributed by atoms with E-state index < -0.39 is 0 Å². The van der Waals surface area contributed by atoms with E-state index >= 15 is 0 Å². The van der Waals surface area contributed by atoms with Gasteiger partial charge in [0.15, 0.2) is 0 Å². The SMILES string of the molecule is O=C(NCc1cccnc1)C1CCc2nc[nH]c2C1. The van der Waals surface area contributed by atoms with Crippen molar-refractivity contribution >= 4 is 5.91 Å². The van der Waals surface area contributed by atoms with E-state index in [2.05, 4.69) is 20.3 Å². The molecule has 2 aromatic heterocycles. The summed E-state index contributed by atoms with van der Waals surface area (Å²) < 4.78 is 0. The van der Waals surface area contributed by atoms with Crippen LogP contribution in [0.15, 0.2) is 30.9 Å². The second-order valence-corrected chi connectivity index (χ2v) is 4.85. The molecule has 0 saturated heterocycles. The fourth-order valence-electron chi connectivity index (χ4n) is 2.46.